The van der Waals surface area contributed by atoms with Crippen LogP contribution in [0.2, 0.25) is 5.02 Å². The van der Waals surface area contributed by atoms with E-state index in [1.54, 1.807) is 42.5 Å². The average Bonchev–Trinajstić information content (AvgIpc) is 2.75. The van der Waals surface area contributed by atoms with Gasteiger partial charge in [0.1, 0.15) is 12.4 Å². The Hall–Kier alpha value is -3.23. The van der Waals surface area contributed by atoms with Crippen LogP contribution in [-0.4, -0.2) is 17.0 Å². The Labute approximate surface area is 192 Å². The Balaban J connectivity index is 1.68. The molecule has 0 atom stereocenters. The quantitative estimate of drug-likeness (QED) is 0.256. The molecule has 7 nitrogen and oxygen atoms in total. The van der Waals surface area contributed by atoms with Gasteiger partial charge in [-0.1, -0.05) is 33.6 Å². The van der Waals surface area contributed by atoms with Crippen LogP contribution in [0, 0.1) is 17.0 Å². The Bertz CT molecular complexity index is 1150. The number of rotatable bonds is 7. The van der Waals surface area contributed by atoms with Crippen LogP contribution in [0.25, 0.3) is 0 Å². The molecular formula is C22H17BrClN3O4. The first-order valence-corrected chi connectivity index (χ1v) is 10.3. The number of ether oxygens (including phenoxy) is 1. The third kappa shape index (κ3) is 6.13. The fourth-order valence-electron chi connectivity index (χ4n) is 2.59. The maximum Gasteiger partial charge on any atom is 0.271 e. The van der Waals surface area contributed by atoms with Crippen molar-refractivity contribution in [2.45, 2.75) is 13.5 Å². The molecule has 0 aromatic heterocycles. The zero-order chi connectivity index (χ0) is 22.4. The molecule has 158 valence electrons. The molecule has 3 aromatic carbocycles. The number of non-ortho nitro benzene ring substituents is 1. The molecule has 3 aromatic rings. The topological polar surface area (TPSA) is 93.8 Å². The summed E-state index contributed by atoms with van der Waals surface area (Å²) >= 11 is 9.46. The van der Waals surface area contributed by atoms with E-state index in [1.165, 1.54) is 18.3 Å². The standard InChI is InChI=1S/C22H17BrClN3O4/c1-14-2-5-16(11-20(14)24)22(28)26-25-12-17-10-18(23)6-9-21(17)31-13-15-3-7-19(8-4-15)27(29)30/h2-12H,13H2,1H3,(H,26,28)/b25-12-. The monoisotopic (exact) mass is 501 g/mol. The number of benzene rings is 3. The molecule has 0 unspecified atom stereocenters. The van der Waals surface area contributed by atoms with Crippen molar-refractivity contribution in [3.8, 4) is 5.75 Å². The van der Waals surface area contributed by atoms with Gasteiger partial charge in [0, 0.05) is 32.8 Å². The van der Waals surface area contributed by atoms with Crippen LogP contribution in [0.5, 0.6) is 5.75 Å². The van der Waals surface area contributed by atoms with Crippen LogP contribution >= 0.6 is 27.5 Å². The van der Waals surface area contributed by atoms with E-state index in [1.807, 2.05) is 13.0 Å². The Morgan fingerprint density at radius 2 is 1.94 bits per heavy atom. The number of aryl methyl sites for hydroxylation is 1. The normalized spacial score (nSPS) is 10.8. The number of hydrazone groups is 1. The van der Waals surface area contributed by atoms with Crippen molar-refractivity contribution in [3.05, 3.63) is 103 Å². The van der Waals surface area contributed by atoms with Gasteiger partial charge in [0.2, 0.25) is 0 Å². The van der Waals surface area contributed by atoms with Crippen molar-refractivity contribution < 1.29 is 14.5 Å². The number of hydrogen-bond donors (Lipinski definition) is 1. The lowest BCUT2D eigenvalue weighted by Crippen LogP contribution is -2.17. The predicted molar refractivity (Wildman–Crippen MR) is 123 cm³/mol. The maximum atomic E-state index is 12.3. The Morgan fingerprint density at radius 1 is 1.19 bits per heavy atom. The van der Waals surface area contributed by atoms with Crippen molar-refractivity contribution >= 4 is 45.3 Å². The molecule has 0 fully saturated rings. The molecule has 3 rings (SSSR count). The average molecular weight is 503 g/mol. The van der Waals surface area contributed by atoms with Crippen LogP contribution in [-0.2, 0) is 6.61 Å². The van der Waals surface area contributed by atoms with Crippen LogP contribution in [0.3, 0.4) is 0 Å². The summed E-state index contributed by atoms with van der Waals surface area (Å²) in [5.41, 5.74) is 5.18. The molecule has 1 amide bonds. The van der Waals surface area contributed by atoms with E-state index >= 15 is 0 Å². The van der Waals surface area contributed by atoms with E-state index in [0.717, 1.165) is 15.6 Å². The molecule has 0 bridgehead atoms. The maximum absolute atomic E-state index is 12.3. The van der Waals surface area contributed by atoms with Crippen molar-refractivity contribution in [2.24, 2.45) is 5.10 Å². The zero-order valence-corrected chi connectivity index (χ0v) is 18.7. The van der Waals surface area contributed by atoms with Gasteiger partial charge in [-0.05, 0) is 60.5 Å². The van der Waals surface area contributed by atoms with Crippen molar-refractivity contribution in [2.75, 3.05) is 0 Å². The number of halogens is 2. The number of carbonyl (C=O) groups is 1. The first-order chi connectivity index (χ1) is 14.8. The van der Waals surface area contributed by atoms with Gasteiger partial charge in [-0.2, -0.15) is 5.10 Å². The molecule has 0 saturated heterocycles. The van der Waals surface area contributed by atoms with Gasteiger partial charge in [0.15, 0.2) is 0 Å². The molecule has 0 aliphatic rings. The van der Waals surface area contributed by atoms with Crippen molar-refractivity contribution in [3.63, 3.8) is 0 Å². The van der Waals surface area contributed by atoms with Crippen molar-refractivity contribution in [1.82, 2.24) is 5.43 Å². The molecule has 0 aliphatic heterocycles. The third-order valence-electron chi connectivity index (χ3n) is 4.32. The molecule has 0 saturated carbocycles. The van der Waals surface area contributed by atoms with Crippen LogP contribution in [0.1, 0.15) is 27.0 Å². The van der Waals surface area contributed by atoms with Crippen LogP contribution < -0.4 is 10.2 Å². The van der Waals surface area contributed by atoms with E-state index in [9.17, 15) is 14.9 Å². The van der Waals surface area contributed by atoms with Crippen molar-refractivity contribution in [1.29, 1.82) is 0 Å². The van der Waals surface area contributed by atoms with Gasteiger partial charge < -0.3 is 4.74 Å². The van der Waals surface area contributed by atoms with Gasteiger partial charge in [-0.3, -0.25) is 14.9 Å². The largest absolute Gasteiger partial charge is 0.488 e. The first-order valence-electron chi connectivity index (χ1n) is 9.09. The van der Waals surface area contributed by atoms with Crippen LogP contribution in [0.4, 0.5) is 5.69 Å². The van der Waals surface area contributed by atoms with Gasteiger partial charge in [0.05, 0.1) is 11.1 Å². The minimum atomic E-state index is -0.452. The Morgan fingerprint density at radius 3 is 2.61 bits per heavy atom. The SMILES string of the molecule is Cc1ccc(C(=O)N/N=C\c2cc(Br)ccc2OCc2ccc([N+](=O)[O-])cc2)cc1Cl. The molecule has 0 heterocycles. The van der Waals surface area contributed by atoms with Gasteiger partial charge in [-0.25, -0.2) is 5.43 Å². The lowest BCUT2D eigenvalue weighted by Gasteiger charge is -2.10. The van der Waals surface area contributed by atoms with E-state index in [4.69, 9.17) is 16.3 Å². The number of nitro benzene ring substituents is 1. The number of nitro groups is 1. The smallest absolute Gasteiger partial charge is 0.271 e. The highest BCUT2D eigenvalue weighted by Gasteiger charge is 2.08. The van der Waals surface area contributed by atoms with E-state index in [0.29, 0.717) is 21.9 Å². The highest BCUT2D eigenvalue weighted by molar-refractivity contribution is 9.10. The fourth-order valence-corrected chi connectivity index (χ4v) is 3.15. The molecule has 1 N–H and O–H groups in total. The molecule has 9 heteroatoms. The number of nitrogens with zero attached hydrogens (tertiary/aromatic N) is 2. The summed E-state index contributed by atoms with van der Waals surface area (Å²) < 4.78 is 6.65. The number of carbonyl (C=O) groups excluding carboxylic acids is 1. The minimum Gasteiger partial charge on any atom is -0.488 e. The summed E-state index contributed by atoms with van der Waals surface area (Å²) in [7, 11) is 0. The summed E-state index contributed by atoms with van der Waals surface area (Å²) in [6.45, 7) is 2.07. The molecule has 0 aliphatic carbocycles. The number of nitrogens with one attached hydrogen (secondary N) is 1. The summed E-state index contributed by atoms with van der Waals surface area (Å²) in [4.78, 5) is 22.6. The van der Waals surface area contributed by atoms with E-state index < -0.39 is 4.92 Å². The number of hydrogen-bond acceptors (Lipinski definition) is 5. The zero-order valence-electron chi connectivity index (χ0n) is 16.3. The molecule has 0 spiro atoms. The summed E-state index contributed by atoms with van der Waals surface area (Å²) in [6, 6.07) is 16.5. The van der Waals surface area contributed by atoms with E-state index in [2.05, 4.69) is 26.5 Å². The molecule has 0 radical (unpaired) electrons. The summed E-state index contributed by atoms with van der Waals surface area (Å²) in [5, 5.41) is 15.3. The minimum absolute atomic E-state index is 0.0193. The van der Waals surface area contributed by atoms with Gasteiger partial charge >= 0.3 is 0 Å². The third-order valence-corrected chi connectivity index (χ3v) is 5.22. The molecule has 31 heavy (non-hydrogen) atoms. The van der Waals surface area contributed by atoms with Gasteiger partial charge in [-0.15, -0.1) is 0 Å². The first kappa shape index (κ1) is 22.5. The van der Waals surface area contributed by atoms with Crippen LogP contribution in [0.15, 0.2) is 70.2 Å². The highest BCUT2D eigenvalue weighted by atomic mass is 79.9. The summed E-state index contributed by atoms with van der Waals surface area (Å²) in [6.07, 6.45) is 1.48. The van der Waals surface area contributed by atoms with E-state index in [-0.39, 0.29) is 18.2 Å². The molecular weight excluding hydrogens is 486 g/mol. The Kier molecular flexibility index (Phi) is 7.38. The second kappa shape index (κ2) is 10.2. The fraction of sp³-hybridized carbons (Fsp3) is 0.0909. The lowest BCUT2D eigenvalue weighted by molar-refractivity contribution is -0.384. The summed E-state index contributed by atoms with van der Waals surface area (Å²) in [5.74, 6) is 0.152. The second-order valence-corrected chi connectivity index (χ2v) is 7.88. The predicted octanol–water partition coefficient (Wildman–Crippen LogP) is 5.66. The highest BCUT2D eigenvalue weighted by Crippen LogP contribution is 2.23. The second-order valence-electron chi connectivity index (χ2n) is 6.56. The lowest BCUT2D eigenvalue weighted by atomic mass is 10.1. The van der Waals surface area contributed by atoms with Gasteiger partial charge in [0.25, 0.3) is 11.6 Å². The number of amides is 1.